The summed E-state index contributed by atoms with van der Waals surface area (Å²) in [6.07, 6.45) is -0.329. The first-order chi connectivity index (χ1) is 6.02. The van der Waals surface area contributed by atoms with Gasteiger partial charge in [-0.05, 0) is 26.0 Å². The normalized spacial score (nSPS) is 11.1. The molecule has 0 spiro atoms. The highest BCUT2D eigenvalue weighted by molar-refractivity contribution is 7.86. The molecular formula is C9H14O3S2. The van der Waals surface area contributed by atoms with E-state index in [4.69, 9.17) is 4.18 Å². The Kier molecular flexibility index (Phi) is 5.18. The average molecular weight is 234 g/mol. The second kappa shape index (κ2) is 5.38. The van der Waals surface area contributed by atoms with Gasteiger partial charge in [0, 0.05) is 0 Å². The van der Waals surface area contributed by atoms with Crippen molar-refractivity contribution in [3.8, 4) is 0 Å². The van der Waals surface area contributed by atoms with Crippen molar-refractivity contribution in [1.82, 2.24) is 0 Å². The Morgan fingerprint density at radius 2 is 1.64 bits per heavy atom. The molecule has 1 aromatic rings. The summed E-state index contributed by atoms with van der Waals surface area (Å²) in [5, 5.41) is 0. The van der Waals surface area contributed by atoms with Gasteiger partial charge in [-0.25, -0.2) is 0 Å². The molecule has 0 atom stereocenters. The quantitative estimate of drug-likeness (QED) is 0.750. The first-order valence-electron chi connectivity index (χ1n) is 4.01. The van der Waals surface area contributed by atoms with Crippen molar-refractivity contribution in [2.24, 2.45) is 0 Å². The summed E-state index contributed by atoms with van der Waals surface area (Å²) in [5.74, 6) is 0. The van der Waals surface area contributed by atoms with E-state index >= 15 is 0 Å². The Morgan fingerprint density at radius 1 is 1.14 bits per heavy atom. The first-order valence-corrected chi connectivity index (χ1v) is 5.41. The molecule has 0 unspecified atom stereocenters. The van der Waals surface area contributed by atoms with Gasteiger partial charge in [0.25, 0.3) is 10.1 Å². The summed E-state index contributed by atoms with van der Waals surface area (Å²) >= 11 is 0. The summed E-state index contributed by atoms with van der Waals surface area (Å²) in [6, 6.07) is 8.11. The second-order valence-electron chi connectivity index (χ2n) is 2.91. The molecule has 0 fully saturated rings. The van der Waals surface area contributed by atoms with Crippen LogP contribution in [0.15, 0.2) is 35.2 Å². The summed E-state index contributed by atoms with van der Waals surface area (Å²) in [5.41, 5.74) is 0. The van der Waals surface area contributed by atoms with E-state index in [1.807, 2.05) is 0 Å². The number of hydrogen-bond donors (Lipinski definition) is 0. The molecule has 0 aliphatic heterocycles. The van der Waals surface area contributed by atoms with Crippen LogP contribution >= 0.6 is 13.5 Å². The molecule has 0 N–H and O–H groups in total. The third-order valence-electron chi connectivity index (χ3n) is 1.35. The maximum atomic E-state index is 11.4. The molecular weight excluding hydrogens is 220 g/mol. The molecule has 5 heteroatoms. The maximum absolute atomic E-state index is 11.4. The zero-order valence-corrected chi connectivity index (χ0v) is 9.91. The molecule has 0 saturated carbocycles. The Morgan fingerprint density at radius 3 is 2.07 bits per heavy atom. The van der Waals surface area contributed by atoms with Crippen LogP contribution in [0.3, 0.4) is 0 Å². The van der Waals surface area contributed by atoms with Gasteiger partial charge in [-0.15, -0.1) is 0 Å². The molecule has 0 aliphatic carbocycles. The highest BCUT2D eigenvalue weighted by Crippen LogP contribution is 2.12. The summed E-state index contributed by atoms with van der Waals surface area (Å²) in [4.78, 5) is 0.198. The highest BCUT2D eigenvalue weighted by atomic mass is 32.2. The van der Waals surface area contributed by atoms with Crippen molar-refractivity contribution in [3.05, 3.63) is 30.3 Å². The molecule has 0 radical (unpaired) electrons. The summed E-state index contributed by atoms with van der Waals surface area (Å²) in [7, 11) is -3.56. The van der Waals surface area contributed by atoms with Crippen molar-refractivity contribution in [3.63, 3.8) is 0 Å². The summed E-state index contributed by atoms with van der Waals surface area (Å²) < 4.78 is 27.6. The molecule has 0 amide bonds. The third kappa shape index (κ3) is 3.69. The predicted molar refractivity (Wildman–Crippen MR) is 60.2 cm³/mol. The standard InChI is InChI=1S/C9H12O3S.H2S/c1-8(2)12-13(10,11)9-6-4-3-5-7-9;/h3-8H,1-2H3;1H2. The monoisotopic (exact) mass is 234 g/mol. The molecule has 1 rings (SSSR count). The van der Waals surface area contributed by atoms with E-state index in [1.54, 1.807) is 32.0 Å². The molecule has 0 aromatic heterocycles. The van der Waals surface area contributed by atoms with Gasteiger partial charge in [-0.2, -0.15) is 21.9 Å². The minimum Gasteiger partial charge on any atom is -0.264 e. The van der Waals surface area contributed by atoms with Crippen LogP contribution in [0.5, 0.6) is 0 Å². The molecule has 0 aliphatic rings. The minimum atomic E-state index is -3.56. The predicted octanol–water partition coefficient (Wildman–Crippen LogP) is 1.91. The molecule has 0 bridgehead atoms. The molecule has 80 valence electrons. The maximum Gasteiger partial charge on any atom is 0.297 e. The van der Waals surface area contributed by atoms with E-state index in [2.05, 4.69) is 0 Å². The fourth-order valence-corrected chi connectivity index (χ4v) is 2.00. The fourth-order valence-electron chi connectivity index (χ4n) is 0.896. The Labute approximate surface area is 91.7 Å². The topological polar surface area (TPSA) is 43.4 Å². The molecule has 3 nitrogen and oxygen atoms in total. The lowest BCUT2D eigenvalue weighted by Crippen LogP contribution is -2.12. The average Bonchev–Trinajstić information content (AvgIpc) is 2.04. The highest BCUT2D eigenvalue weighted by Gasteiger charge is 2.15. The lowest BCUT2D eigenvalue weighted by Gasteiger charge is -2.07. The smallest absolute Gasteiger partial charge is 0.264 e. The van der Waals surface area contributed by atoms with Crippen LogP contribution < -0.4 is 0 Å². The van der Waals surface area contributed by atoms with Crippen LogP contribution in [-0.2, 0) is 14.3 Å². The van der Waals surface area contributed by atoms with Gasteiger partial charge in [0.05, 0.1) is 11.0 Å². The van der Waals surface area contributed by atoms with Gasteiger partial charge in [-0.3, -0.25) is 4.18 Å². The van der Waals surface area contributed by atoms with Crippen molar-refractivity contribution in [1.29, 1.82) is 0 Å². The van der Waals surface area contributed by atoms with E-state index in [0.29, 0.717) is 0 Å². The number of benzene rings is 1. The number of hydrogen-bond acceptors (Lipinski definition) is 3. The lowest BCUT2D eigenvalue weighted by molar-refractivity contribution is 0.249. The van der Waals surface area contributed by atoms with Crippen molar-refractivity contribution < 1.29 is 12.6 Å². The Balaban J connectivity index is 0.00000169. The molecule has 1 aromatic carbocycles. The SMILES string of the molecule is CC(C)OS(=O)(=O)c1ccccc1.S. The third-order valence-corrected chi connectivity index (χ3v) is 2.84. The van der Waals surface area contributed by atoms with Gasteiger partial charge in [0.1, 0.15) is 0 Å². The van der Waals surface area contributed by atoms with Gasteiger partial charge in [0.2, 0.25) is 0 Å². The van der Waals surface area contributed by atoms with Crippen LogP contribution in [0.25, 0.3) is 0 Å². The van der Waals surface area contributed by atoms with E-state index in [0.717, 1.165) is 0 Å². The van der Waals surface area contributed by atoms with Crippen molar-refractivity contribution >= 4 is 23.6 Å². The van der Waals surface area contributed by atoms with Crippen LogP contribution in [0.1, 0.15) is 13.8 Å². The van der Waals surface area contributed by atoms with Crippen LogP contribution in [-0.4, -0.2) is 14.5 Å². The van der Waals surface area contributed by atoms with Gasteiger partial charge in [0.15, 0.2) is 0 Å². The van der Waals surface area contributed by atoms with Gasteiger partial charge < -0.3 is 0 Å². The zero-order valence-electron chi connectivity index (χ0n) is 8.10. The van der Waals surface area contributed by atoms with Crippen molar-refractivity contribution in [2.45, 2.75) is 24.8 Å². The first kappa shape index (κ1) is 13.5. The van der Waals surface area contributed by atoms with E-state index in [-0.39, 0.29) is 24.5 Å². The lowest BCUT2D eigenvalue weighted by atomic mass is 10.4. The largest absolute Gasteiger partial charge is 0.297 e. The van der Waals surface area contributed by atoms with E-state index < -0.39 is 10.1 Å². The molecule has 14 heavy (non-hydrogen) atoms. The second-order valence-corrected chi connectivity index (χ2v) is 4.48. The van der Waals surface area contributed by atoms with E-state index in [1.165, 1.54) is 12.1 Å². The molecule has 0 heterocycles. The molecule has 0 saturated heterocycles. The minimum absolute atomic E-state index is 0. The Hall–Kier alpha value is -0.520. The number of rotatable bonds is 3. The van der Waals surface area contributed by atoms with Crippen molar-refractivity contribution in [2.75, 3.05) is 0 Å². The summed E-state index contributed by atoms with van der Waals surface area (Å²) in [6.45, 7) is 3.36. The van der Waals surface area contributed by atoms with Gasteiger partial charge in [-0.1, -0.05) is 18.2 Å². The van der Waals surface area contributed by atoms with Crippen LogP contribution in [0, 0.1) is 0 Å². The van der Waals surface area contributed by atoms with Crippen LogP contribution in [0.2, 0.25) is 0 Å². The van der Waals surface area contributed by atoms with E-state index in [9.17, 15) is 8.42 Å². The Bertz CT molecular complexity index is 357. The van der Waals surface area contributed by atoms with Crippen LogP contribution in [0.4, 0.5) is 0 Å². The zero-order chi connectivity index (χ0) is 9.90. The fraction of sp³-hybridized carbons (Fsp3) is 0.333. The van der Waals surface area contributed by atoms with Gasteiger partial charge >= 0.3 is 0 Å².